The molecule has 4 rings (SSSR count). The van der Waals surface area contributed by atoms with Gasteiger partial charge in [0.25, 0.3) is 0 Å². The fourth-order valence-corrected chi connectivity index (χ4v) is 3.84. The Morgan fingerprint density at radius 1 is 1.16 bits per heavy atom. The van der Waals surface area contributed by atoms with Crippen molar-refractivity contribution in [2.24, 2.45) is 0 Å². The molecule has 19 heavy (non-hydrogen) atoms. The van der Waals surface area contributed by atoms with E-state index in [1.54, 1.807) is 6.07 Å². The third-order valence-electron chi connectivity index (χ3n) is 3.43. The monoisotopic (exact) mass is 268 g/mol. The van der Waals surface area contributed by atoms with E-state index >= 15 is 0 Å². The van der Waals surface area contributed by atoms with Gasteiger partial charge in [0.05, 0.1) is 16.8 Å². The number of imidazole rings is 1. The van der Waals surface area contributed by atoms with Crippen molar-refractivity contribution in [2.75, 3.05) is 0 Å². The van der Waals surface area contributed by atoms with Crippen molar-refractivity contribution in [1.82, 2.24) is 9.55 Å². The zero-order valence-electron chi connectivity index (χ0n) is 10.2. The highest BCUT2D eigenvalue weighted by Crippen LogP contribution is 2.43. The van der Waals surface area contributed by atoms with Gasteiger partial charge in [-0.3, -0.25) is 0 Å². The van der Waals surface area contributed by atoms with Crippen LogP contribution in [-0.4, -0.2) is 14.7 Å². The van der Waals surface area contributed by atoms with Crippen LogP contribution in [0.25, 0.3) is 11.0 Å². The fourth-order valence-electron chi connectivity index (χ4n) is 2.61. The number of phenolic OH excluding ortho intramolecular Hbond substituents is 1. The van der Waals surface area contributed by atoms with Gasteiger partial charge in [0.15, 0.2) is 0 Å². The summed E-state index contributed by atoms with van der Waals surface area (Å²) in [4.78, 5) is 4.67. The van der Waals surface area contributed by atoms with Gasteiger partial charge in [-0.25, -0.2) is 4.98 Å². The number of benzene rings is 2. The molecular formula is C15H12N2OS. The van der Waals surface area contributed by atoms with Gasteiger partial charge in [0.1, 0.15) is 16.9 Å². The molecule has 0 spiro atoms. The van der Waals surface area contributed by atoms with Crippen molar-refractivity contribution in [3.63, 3.8) is 0 Å². The Morgan fingerprint density at radius 3 is 2.95 bits per heavy atom. The lowest BCUT2D eigenvalue weighted by Crippen LogP contribution is -2.02. The second kappa shape index (κ2) is 4.03. The molecular weight excluding hydrogens is 256 g/mol. The van der Waals surface area contributed by atoms with E-state index in [1.807, 2.05) is 42.1 Å². The zero-order chi connectivity index (χ0) is 12.8. The zero-order valence-corrected chi connectivity index (χ0v) is 11.0. The van der Waals surface area contributed by atoms with Gasteiger partial charge in [-0.15, -0.1) is 11.8 Å². The minimum atomic E-state index is 0.203. The predicted molar refractivity (Wildman–Crippen MR) is 77.3 cm³/mol. The first kappa shape index (κ1) is 10.9. The highest BCUT2D eigenvalue weighted by atomic mass is 32.2. The maximum absolute atomic E-state index is 9.65. The molecule has 2 aromatic carbocycles. The van der Waals surface area contributed by atoms with Crippen molar-refractivity contribution < 1.29 is 5.11 Å². The number of hydrogen-bond donors (Lipinski definition) is 1. The molecule has 0 radical (unpaired) electrons. The SMILES string of the molecule is Oc1cccc(C2SCc3nc4ccccc4n32)c1. The van der Waals surface area contributed by atoms with Crippen LogP contribution in [-0.2, 0) is 5.75 Å². The molecule has 0 fully saturated rings. The maximum atomic E-state index is 9.65. The summed E-state index contributed by atoms with van der Waals surface area (Å²) < 4.78 is 2.27. The van der Waals surface area contributed by atoms with E-state index in [0.29, 0.717) is 5.75 Å². The molecule has 94 valence electrons. The van der Waals surface area contributed by atoms with Crippen molar-refractivity contribution in [2.45, 2.75) is 11.1 Å². The first-order valence-corrected chi connectivity index (χ1v) is 7.24. The molecule has 0 saturated heterocycles. The summed E-state index contributed by atoms with van der Waals surface area (Å²) in [5, 5.41) is 9.85. The summed E-state index contributed by atoms with van der Waals surface area (Å²) in [7, 11) is 0. The second-order valence-electron chi connectivity index (χ2n) is 4.65. The summed E-state index contributed by atoms with van der Waals surface area (Å²) in [6, 6.07) is 15.7. The number of aromatic hydroxyl groups is 1. The summed E-state index contributed by atoms with van der Waals surface area (Å²) >= 11 is 1.84. The van der Waals surface area contributed by atoms with Gasteiger partial charge >= 0.3 is 0 Å². The van der Waals surface area contributed by atoms with Gasteiger partial charge in [0, 0.05) is 0 Å². The van der Waals surface area contributed by atoms with Crippen LogP contribution < -0.4 is 0 Å². The van der Waals surface area contributed by atoms with Crippen LogP contribution in [0.5, 0.6) is 5.75 Å². The third kappa shape index (κ3) is 1.64. The van der Waals surface area contributed by atoms with Crippen LogP contribution in [0.1, 0.15) is 16.8 Å². The van der Waals surface area contributed by atoms with E-state index in [1.165, 1.54) is 0 Å². The molecule has 1 aliphatic rings. The Kier molecular flexibility index (Phi) is 2.32. The highest BCUT2D eigenvalue weighted by Gasteiger charge is 2.27. The number of phenols is 1. The standard InChI is InChI=1S/C15H12N2OS/c18-11-5-3-4-10(8-11)15-17-13-7-2-1-6-12(13)16-14(17)9-19-15/h1-8,15,18H,9H2. The van der Waals surface area contributed by atoms with Gasteiger partial charge in [0.2, 0.25) is 0 Å². The first-order valence-electron chi connectivity index (χ1n) is 6.19. The molecule has 1 N–H and O–H groups in total. The topological polar surface area (TPSA) is 38.1 Å². The molecule has 0 bridgehead atoms. The summed E-state index contributed by atoms with van der Waals surface area (Å²) in [5.41, 5.74) is 3.32. The summed E-state index contributed by atoms with van der Waals surface area (Å²) in [6.45, 7) is 0. The molecule has 1 unspecified atom stereocenters. The van der Waals surface area contributed by atoms with Gasteiger partial charge in [-0.2, -0.15) is 0 Å². The molecule has 1 atom stereocenters. The highest BCUT2D eigenvalue weighted by molar-refractivity contribution is 7.99. The number of rotatable bonds is 1. The van der Waals surface area contributed by atoms with Crippen molar-refractivity contribution >= 4 is 22.8 Å². The Labute approximate surface area is 114 Å². The minimum absolute atomic E-state index is 0.203. The van der Waals surface area contributed by atoms with Crippen LogP contribution in [0.3, 0.4) is 0 Å². The normalized spacial score (nSPS) is 17.8. The summed E-state index contributed by atoms with van der Waals surface area (Å²) in [6.07, 6.45) is 0. The Balaban J connectivity index is 1.91. The molecule has 1 aromatic heterocycles. The van der Waals surface area contributed by atoms with E-state index in [9.17, 15) is 5.11 Å². The van der Waals surface area contributed by atoms with E-state index < -0.39 is 0 Å². The smallest absolute Gasteiger partial charge is 0.121 e. The van der Waals surface area contributed by atoms with Gasteiger partial charge in [-0.05, 0) is 29.8 Å². The molecule has 3 aromatic rings. The Hall–Kier alpha value is -1.94. The Bertz CT molecular complexity index is 766. The number of thioether (sulfide) groups is 1. The van der Waals surface area contributed by atoms with Crippen LogP contribution in [0.2, 0.25) is 0 Å². The predicted octanol–water partition coefficient (Wildman–Crippen LogP) is 3.54. The summed E-state index contributed by atoms with van der Waals surface area (Å²) in [5.74, 6) is 2.34. The molecule has 0 amide bonds. The average Bonchev–Trinajstić information content (AvgIpc) is 2.97. The van der Waals surface area contributed by atoms with E-state index in [4.69, 9.17) is 0 Å². The van der Waals surface area contributed by atoms with Crippen LogP contribution in [0, 0.1) is 0 Å². The number of nitrogens with zero attached hydrogens (tertiary/aromatic N) is 2. The lowest BCUT2D eigenvalue weighted by Gasteiger charge is -2.14. The first-order chi connectivity index (χ1) is 9.33. The number of para-hydroxylation sites is 2. The van der Waals surface area contributed by atoms with Crippen LogP contribution in [0.4, 0.5) is 0 Å². The molecule has 1 aliphatic heterocycles. The van der Waals surface area contributed by atoms with E-state index in [0.717, 1.165) is 28.2 Å². The number of fused-ring (bicyclic) bond motifs is 3. The quantitative estimate of drug-likeness (QED) is 0.733. The van der Waals surface area contributed by atoms with Crippen molar-refractivity contribution in [1.29, 1.82) is 0 Å². The van der Waals surface area contributed by atoms with E-state index in [2.05, 4.69) is 21.7 Å². The van der Waals surface area contributed by atoms with Crippen molar-refractivity contribution in [3.8, 4) is 5.75 Å². The molecule has 0 aliphatic carbocycles. The van der Waals surface area contributed by atoms with Gasteiger partial charge < -0.3 is 9.67 Å². The average molecular weight is 268 g/mol. The fraction of sp³-hybridized carbons (Fsp3) is 0.133. The molecule has 3 nitrogen and oxygen atoms in total. The lowest BCUT2D eigenvalue weighted by molar-refractivity contribution is 0.474. The Morgan fingerprint density at radius 2 is 2.05 bits per heavy atom. The van der Waals surface area contributed by atoms with Crippen molar-refractivity contribution in [3.05, 3.63) is 59.9 Å². The van der Waals surface area contributed by atoms with Crippen LogP contribution >= 0.6 is 11.8 Å². The third-order valence-corrected chi connectivity index (χ3v) is 4.65. The second-order valence-corrected chi connectivity index (χ2v) is 5.71. The number of hydrogen-bond acceptors (Lipinski definition) is 3. The molecule has 0 saturated carbocycles. The van der Waals surface area contributed by atoms with E-state index in [-0.39, 0.29) is 5.37 Å². The largest absolute Gasteiger partial charge is 0.508 e. The van der Waals surface area contributed by atoms with Gasteiger partial charge in [-0.1, -0.05) is 24.3 Å². The van der Waals surface area contributed by atoms with Crippen LogP contribution in [0.15, 0.2) is 48.5 Å². The minimum Gasteiger partial charge on any atom is -0.508 e. The number of aromatic nitrogens is 2. The lowest BCUT2D eigenvalue weighted by atomic mass is 10.2. The molecule has 2 heterocycles. The maximum Gasteiger partial charge on any atom is 0.121 e. The molecule has 4 heteroatoms.